The Morgan fingerprint density at radius 3 is 1.79 bits per heavy atom. The van der Waals surface area contributed by atoms with Gasteiger partial charge in [0.05, 0.1) is 16.2 Å². The molecule has 0 unspecified atom stereocenters. The number of fused-ring (bicyclic) bond motifs is 1. The second-order valence-electron chi connectivity index (χ2n) is 5.35. The van der Waals surface area contributed by atoms with Gasteiger partial charge in [-0.2, -0.15) is 4.76 Å². The Morgan fingerprint density at radius 1 is 0.708 bits per heavy atom. The summed E-state index contributed by atoms with van der Waals surface area (Å²) in [6.07, 6.45) is 0. The van der Waals surface area contributed by atoms with E-state index in [0.29, 0.717) is 5.17 Å². The standard InChI is InChI=1S/C19H14ClN2P.ClH/c20-19-17-13-7-8-14-18(17)21-23(22-19,15-9-3-1-4-10-15)16-11-5-2-6-12-16;/h1-14H;1H. The van der Waals surface area contributed by atoms with E-state index in [4.69, 9.17) is 16.4 Å². The van der Waals surface area contributed by atoms with E-state index in [0.717, 1.165) is 11.3 Å². The molecule has 120 valence electrons. The summed E-state index contributed by atoms with van der Waals surface area (Å²) in [5.41, 5.74) is 1.99. The molecule has 0 amide bonds. The molecule has 2 nitrogen and oxygen atoms in total. The van der Waals surface area contributed by atoms with E-state index < -0.39 is 7.21 Å². The second-order valence-corrected chi connectivity index (χ2v) is 8.44. The van der Waals surface area contributed by atoms with Crippen molar-refractivity contribution in [2.75, 3.05) is 0 Å². The number of hydrogen-bond acceptors (Lipinski definition) is 1. The van der Waals surface area contributed by atoms with Gasteiger partial charge in [-0.15, -0.1) is 0 Å². The van der Waals surface area contributed by atoms with Crippen molar-refractivity contribution in [3.63, 3.8) is 0 Å². The smallest absolute Gasteiger partial charge is 0.271 e. The van der Waals surface area contributed by atoms with Crippen LogP contribution in [-0.4, -0.2) is 5.17 Å². The van der Waals surface area contributed by atoms with E-state index in [-0.39, 0.29) is 12.4 Å². The number of nitrogens with zero attached hydrogens (tertiary/aromatic N) is 1. The highest BCUT2D eigenvalue weighted by molar-refractivity contribution is 7.77. The Hall–Kier alpha value is -1.86. The van der Waals surface area contributed by atoms with Crippen LogP contribution >= 0.6 is 18.8 Å². The van der Waals surface area contributed by atoms with Gasteiger partial charge in [-0.05, 0) is 30.3 Å². The van der Waals surface area contributed by atoms with Crippen molar-refractivity contribution >= 4 is 40.3 Å². The lowest BCUT2D eigenvalue weighted by atomic mass is 10.2. The molecule has 0 spiro atoms. The average Bonchev–Trinajstić information content (AvgIpc) is 2.63. The van der Waals surface area contributed by atoms with Gasteiger partial charge in [0.15, 0.2) is 0 Å². The minimum absolute atomic E-state index is 0. The predicted octanol–water partition coefficient (Wildman–Crippen LogP) is 0.169. The van der Waals surface area contributed by atoms with Crippen molar-refractivity contribution in [1.82, 2.24) is 0 Å². The number of para-hydroxylation sites is 1. The molecule has 0 radical (unpaired) electrons. The molecule has 1 N–H and O–H groups in total. The Bertz CT molecular complexity index is 894. The summed E-state index contributed by atoms with van der Waals surface area (Å²) in [5, 5.41) is 2.90. The second kappa shape index (κ2) is 6.94. The number of halogens is 2. The summed E-state index contributed by atoms with van der Waals surface area (Å²) >= 11 is 6.57. The molecular formula is C19H15Cl2N2P. The lowest BCUT2D eigenvalue weighted by Gasteiger charge is -2.19. The lowest BCUT2D eigenvalue weighted by molar-refractivity contribution is -0.328. The molecule has 0 saturated heterocycles. The molecule has 0 aliphatic carbocycles. The third-order valence-electron chi connectivity index (χ3n) is 3.93. The molecule has 0 bridgehead atoms. The number of nitrogens with one attached hydrogen (secondary N) is 1. The van der Waals surface area contributed by atoms with Crippen molar-refractivity contribution in [3.8, 4) is 0 Å². The third-order valence-corrected chi connectivity index (χ3v) is 7.49. The largest absolute Gasteiger partial charge is 1.00 e. The van der Waals surface area contributed by atoms with E-state index >= 15 is 0 Å². The van der Waals surface area contributed by atoms with Crippen LogP contribution in [0.5, 0.6) is 0 Å². The van der Waals surface area contributed by atoms with Crippen molar-refractivity contribution in [2.45, 2.75) is 0 Å². The maximum atomic E-state index is 6.57. The van der Waals surface area contributed by atoms with Crippen molar-refractivity contribution in [3.05, 3.63) is 90.5 Å². The zero-order valence-electron chi connectivity index (χ0n) is 12.7. The molecule has 24 heavy (non-hydrogen) atoms. The van der Waals surface area contributed by atoms with Gasteiger partial charge in [0.1, 0.15) is 5.17 Å². The Balaban J connectivity index is 0.00000169. The summed E-state index contributed by atoms with van der Waals surface area (Å²) in [6, 6.07) is 28.8. The fourth-order valence-electron chi connectivity index (χ4n) is 2.83. The van der Waals surface area contributed by atoms with Gasteiger partial charge in [0.25, 0.3) is 7.21 Å². The molecule has 3 aromatic rings. The maximum Gasteiger partial charge on any atom is 0.271 e. The molecule has 1 heterocycles. The van der Waals surface area contributed by atoms with Crippen LogP contribution in [0.15, 0.2) is 89.7 Å². The predicted molar refractivity (Wildman–Crippen MR) is 98.5 cm³/mol. The van der Waals surface area contributed by atoms with Gasteiger partial charge in [0.2, 0.25) is 5.69 Å². The Labute approximate surface area is 152 Å². The number of benzene rings is 3. The summed E-state index contributed by atoms with van der Waals surface area (Å²) < 4.78 is 8.69. The Kier molecular flexibility index (Phi) is 4.91. The molecule has 0 fully saturated rings. The van der Waals surface area contributed by atoms with Crippen LogP contribution in [-0.2, 0) is 0 Å². The zero-order valence-corrected chi connectivity index (χ0v) is 15.1. The summed E-state index contributed by atoms with van der Waals surface area (Å²) in [7, 11) is -2.18. The SMILES string of the molecule is ClC1=NP(c2ccccc2)(c2ccccc2)=[NH+]c2ccccc21.[Cl-]. The molecule has 5 heteroatoms. The molecule has 1 aliphatic heterocycles. The first-order valence-corrected chi connectivity index (χ1v) is 9.55. The van der Waals surface area contributed by atoms with E-state index in [1.54, 1.807) is 0 Å². The fraction of sp³-hybridized carbons (Fsp3) is 0. The van der Waals surface area contributed by atoms with Crippen LogP contribution in [0, 0.1) is 0 Å². The van der Waals surface area contributed by atoms with Gasteiger partial charge in [-0.3, -0.25) is 0 Å². The summed E-state index contributed by atoms with van der Waals surface area (Å²) in [4.78, 5) is 0. The van der Waals surface area contributed by atoms with Gasteiger partial charge in [-0.1, -0.05) is 60.1 Å². The summed E-state index contributed by atoms with van der Waals surface area (Å²) in [5.74, 6) is 0. The van der Waals surface area contributed by atoms with Crippen molar-refractivity contribution in [1.29, 1.82) is 0 Å². The number of rotatable bonds is 2. The first-order chi connectivity index (χ1) is 11.3. The topological polar surface area (TPSA) is 26.3 Å². The fourth-order valence-corrected chi connectivity index (χ4v) is 6.29. The molecule has 0 aromatic heterocycles. The van der Waals surface area contributed by atoms with Gasteiger partial charge in [-0.25, -0.2) is 4.74 Å². The Morgan fingerprint density at radius 2 is 1.21 bits per heavy atom. The third kappa shape index (κ3) is 2.82. The minimum atomic E-state index is -2.18. The minimum Gasteiger partial charge on any atom is -1.00 e. The van der Waals surface area contributed by atoms with E-state index in [1.165, 1.54) is 10.6 Å². The average molecular weight is 373 g/mol. The van der Waals surface area contributed by atoms with Crippen LogP contribution in [0.3, 0.4) is 0 Å². The zero-order chi connectivity index (χ0) is 15.7. The first kappa shape index (κ1) is 17.0. The highest BCUT2D eigenvalue weighted by Crippen LogP contribution is 2.45. The quantitative estimate of drug-likeness (QED) is 0.621. The summed E-state index contributed by atoms with van der Waals surface area (Å²) in [6.45, 7) is 0. The molecule has 0 atom stereocenters. The lowest BCUT2D eigenvalue weighted by Crippen LogP contribution is -3.00. The van der Waals surface area contributed by atoms with Crippen LogP contribution < -0.4 is 27.8 Å². The highest BCUT2D eigenvalue weighted by Gasteiger charge is 2.35. The molecule has 1 aliphatic rings. The first-order valence-electron chi connectivity index (χ1n) is 7.43. The number of hydrogen-bond donors (Lipinski definition) is 1. The highest BCUT2D eigenvalue weighted by atomic mass is 35.5. The van der Waals surface area contributed by atoms with Crippen LogP contribution in [0.4, 0.5) is 5.69 Å². The molecule has 0 saturated carbocycles. The van der Waals surface area contributed by atoms with Crippen LogP contribution in [0.2, 0.25) is 0 Å². The van der Waals surface area contributed by atoms with Crippen molar-refractivity contribution < 1.29 is 17.2 Å². The van der Waals surface area contributed by atoms with Gasteiger partial charge >= 0.3 is 0 Å². The van der Waals surface area contributed by atoms with Gasteiger partial charge < -0.3 is 12.4 Å². The molecular weight excluding hydrogens is 358 g/mol. The molecule has 4 rings (SSSR count). The van der Waals surface area contributed by atoms with Crippen molar-refractivity contribution in [2.24, 2.45) is 4.76 Å². The van der Waals surface area contributed by atoms with Crippen LogP contribution in [0.1, 0.15) is 5.56 Å². The monoisotopic (exact) mass is 372 g/mol. The van der Waals surface area contributed by atoms with E-state index in [2.05, 4.69) is 35.1 Å². The van der Waals surface area contributed by atoms with E-state index in [9.17, 15) is 0 Å². The van der Waals surface area contributed by atoms with E-state index in [1.807, 2.05) is 54.6 Å². The normalized spacial score (nSPS) is 14.6. The maximum absolute atomic E-state index is 6.57. The van der Waals surface area contributed by atoms with Crippen LogP contribution in [0.25, 0.3) is 0 Å². The van der Waals surface area contributed by atoms with Gasteiger partial charge in [0, 0.05) is 6.07 Å². The molecule has 3 aromatic carbocycles.